The first-order valence-electron chi connectivity index (χ1n) is 5.99. The Morgan fingerprint density at radius 1 is 1.33 bits per heavy atom. The summed E-state index contributed by atoms with van der Waals surface area (Å²) in [6.45, 7) is 0. The fraction of sp³-hybridized carbons (Fsp3) is 0.133. The third-order valence-electron chi connectivity index (χ3n) is 2.82. The first-order chi connectivity index (χ1) is 10.0. The van der Waals surface area contributed by atoms with E-state index in [1.54, 1.807) is 13.2 Å². The number of halogens is 2. The van der Waals surface area contributed by atoms with E-state index >= 15 is 0 Å². The maximum absolute atomic E-state index is 13.3. The zero-order valence-electron chi connectivity index (χ0n) is 11.1. The molecule has 2 aromatic rings. The Morgan fingerprint density at radius 3 is 2.76 bits per heavy atom. The van der Waals surface area contributed by atoms with E-state index in [4.69, 9.17) is 9.84 Å². The molecule has 0 aliphatic rings. The van der Waals surface area contributed by atoms with Crippen molar-refractivity contribution in [2.24, 2.45) is 0 Å². The normalized spacial score (nSPS) is 10.4. The van der Waals surface area contributed by atoms with Gasteiger partial charge in [0.05, 0.1) is 12.7 Å². The second kappa shape index (κ2) is 6.95. The van der Waals surface area contributed by atoms with Crippen molar-refractivity contribution in [3.05, 3.63) is 57.8 Å². The Balaban J connectivity index is 2.16. The molecule has 0 atom stereocenters. The molecule has 110 valence electrons. The van der Waals surface area contributed by atoms with Crippen LogP contribution in [0.1, 0.15) is 15.9 Å². The van der Waals surface area contributed by atoms with Gasteiger partial charge in [-0.05, 0) is 42.0 Å². The van der Waals surface area contributed by atoms with Crippen molar-refractivity contribution in [2.75, 3.05) is 7.11 Å². The largest absolute Gasteiger partial charge is 0.497 e. The summed E-state index contributed by atoms with van der Waals surface area (Å²) >= 11 is 4.89. The number of hydrogen-bond acceptors (Lipinski definition) is 3. The maximum atomic E-state index is 13.3. The van der Waals surface area contributed by atoms with Gasteiger partial charge in [-0.15, -0.1) is 11.8 Å². The van der Waals surface area contributed by atoms with Crippen LogP contribution in [-0.2, 0) is 5.75 Å². The third kappa shape index (κ3) is 3.98. The maximum Gasteiger partial charge on any atom is 0.338 e. The molecule has 0 aromatic heterocycles. The van der Waals surface area contributed by atoms with Gasteiger partial charge in [-0.3, -0.25) is 0 Å². The zero-order valence-corrected chi connectivity index (χ0v) is 13.5. The average molecular weight is 371 g/mol. The Morgan fingerprint density at radius 2 is 2.10 bits per heavy atom. The number of carboxylic acids is 1. The van der Waals surface area contributed by atoms with Crippen molar-refractivity contribution in [2.45, 2.75) is 10.6 Å². The number of methoxy groups -OCH3 is 1. The molecule has 21 heavy (non-hydrogen) atoms. The molecule has 3 nitrogen and oxygen atoms in total. The highest BCUT2D eigenvalue weighted by Crippen LogP contribution is 2.30. The Labute approximate surface area is 134 Å². The monoisotopic (exact) mass is 370 g/mol. The average Bonchev–Trinajstić information content (AvgIpc) is 2.47. The molecule has 0 spiro atoms. The summed E-state index contributed by atoms with van der Waals surface area (Å²) in [5.41, 5.74) is 0.699. The first kappa shape index (κ1) is 15.9. The Bertz CT molecular complexity index is 676. The molecule has 0 bridgehead atoms. The van der Waals surface area contributed by atoms with Gasteiger partial charge in [0.15, 0.2) is 0 Å². The number of thioether (sulfide) groups is 1. The molecular formula is C15H12BrFO3S. The van der Waals surface area contributed by atoms with Gasteiger partial charge in [0, 0.05) is 15.1 Å². The van der Waals surface area contributed by atoms with E-state index in [2.05, 4.69) is 15.9 Å². The second-order valence-electron chi connectivity index (χ2n) is 4.19. The summed E-state index contributed by atoms with van der Waals surface area (Å²) in [6.07, 6.45) is 0. The molecular weight excluding hydrogens is 359 g/mol. The molecule has 1 N–H and O–H groups in total. The quantitative estimate of drug-likeness (QED) is 0.782. The molecule has 0 aliphatic heterocycles. The summed E-state index contributed by atoms with van der Waals surface area (Å²) in [6, 6.07) is 9.72. The minimum atomic E-state index is -1.27. The number of benzene rings is 2. The lowest BCUT2D eigenvalue weighted by atomic mass is 10.2. The van der Waals surface area contributed by atoms with Crippen molar-refractivity contribution in [1.82, 2.24) is 0 Å². The van der Waals surface area contributed by atoms with Crippen molar-refractivity contribution in [1.29, 1.82) is 0 Å². The molecule has 0 saturated heterocycles. The number of carbonyl (C=O) groups is 1. The lowest BCUT2D eigenvalue weighted by Gasteiger charge is -2.08. The van der Waals surface area contributed by atoms with Gasteiger partial charge < -0.3 is 9.84 Å². The van der Waals surface area contributed by atoms with Gasteiger partial charge >= 0.3 is 5.97 Å². The van der Waals surface area contributed by atoms with Gasteiger partial charge in [-0.2, -0.15) is 0 Å². The van der Waals surface area contributed by atoms with Crippen LogP contribution in [0.5, 0.6) is 5.75 Å². The van der Waals surface area contributed by atoms with Crippen LogP contribution in [0, 0.1) is 5.82 Å². The fourth-order valence-electron chi connectivity index (χ4n) is 1.71. The summed E-state index contributed by atoms with van der Waals surface area (Å²) in [5.74, 6) is -0.631. The summed E-state index contributed by atoms with van der Waals surface area (Å²) < 4.78 is 19.4. The van der Waals surface area contributed by atoms with Crippen molar-refractivity contribution in [3.8, 4) is 5.75 Å². The number of ether oxygens (including phenoxy) is 1. The van der Waals surface area contributed by atoms with E-state index in [1.807, 2.05) is 18.2 Å². The minimum absolute atomic E-state index is 0.315. The molecule has 0 saturated carbocycles. The predicted octanol–water partition coefficient (Wildman–Crippen LogP) is 4.59. The summed E-state index contributed by atoms with van der Waals surface area (Å²) in [4.78, 5) is 11.6. The highest BCUT2D eigenvalue weighted by Gasteiger charge is 2.11. The van der Waals surface area contributed by atoms with Crippen molar-refractivity contribution >= 4 is 33.7 Å². The second-order valence-corrected chi connectivity index (χ2v) is 6.10. The van der Waals surface area contributed by atoms with E-state index in [1.165, 1.54) is 23.9 Å². The highest BCUT2D eigenvalue weighted by atomic mass is 79.9. The predicted molar refractivity (Wildman–Crippen MR) is 83.6 cm³/mol. The van der Waals surface area contributed by atoms with Crippen molar-refractivity contribution in [3.63, 3.8) is 0 Å². The van der Waals surface area contributed by atoms with Crippen LogP contribution in [0.25, 0.3) is 0 Å². The van der Waals surface area contributed by atoms with E-state index < -0.39 is 11.8 Å². The highest BCUT2D eigenvalue weighted by molar-refractivity contribution is 9.10. The standard InChI is InChI=1S/C15H12BrFO3S/c1-20-10-2-4-13(16)9(6-10)8-21-11-3-5-14(17)12(7-11)15(18)19/h2-7H,8H2,1H3,(H,18,19). The Kier molecular flexibility index (Phi) is 5.25. The minimum Gasteiger partial charge on any atom is -0.497 e. The van der Waals surface area contributed by atoms with E-state index in [0.717, 1.165) is 15.8 Å². The molecule has 2 aromatic carbocycles. The number of carboxylic acid groups (broad SMARTS) is 1. The molecule has 0 aliphatic carbocycles. The van der Waals surface area contributed by atoms with Gasteiger partial charge in [0.1, 0.15) is 11.6 Å². The van der Waals surface area contributed by atoms with E-state index in [0.29, 0.717) is 10.6 Å². The van der Waals surface area contributed by atoms with Crippen LogP contribution < -0.4 is 4.74 Å². The Hall–Kier alpha value is -1.53. The smallest absolute Gasteiger partial charge is 0.338 e. The molecule has 0 radical (unpaired) electrons. The van der Waals surface area contributed by atoms with Crippen molar-refractivity contribution < 1.29 is 19.0 Å². The zero-order chi connectivity index (χ0) is 15.4. The van der Waals surface area contributed by atoms with Crippen LogP contribution in [0.15, 0.2) is 45.8 Å². The first-order valence-corrected chi connectivity index (χ1v) is 7.77. The number of aromatic carboxylic acids is 1. The van der Waals surface area contributed by atoms with Crippen LogP contribution in [0.4, 0.5) is 4.39 Å². The van der Waals surface area contributed by atoms with Crippen LogP contribution in [0.3, 0.4) is 0 Å². The molecule has 6 heteroatoms. The summed E-state index contributed by atoms with van der Waals surface area (Å²) in [5, 5.41) is 8.91. The number of rotatable bonds is 5. The third-order valence-corrected chi connectivity index (χ3v) is 4.63. The molecule has 0 fully saturated rings. The van der Waals surface area contributed by atoms with E-state index in [9.17, 15) is 9.18 Å². The molecule has 0 unspecified atom stereocenters. The van der Waals surface area contributed by atoms with Crippen LogP contribution in [-0.4, -0.2) is 18.2 Å². The molecule has 2 rings (SSSR count). The van der Waals surface area contributed by atoms with Gasteiger partial charge in [0.25, 0.3) is 0 Å². The van der Waals surface area contributed by atoms with Crippen LogP contribution >= 0.6 is 27.7 Å². The summed E-state index contributed by atoms with van der Waals surface area (Å²) in [7, 11) is 1.60. The lowest BCUT2D eigenvalue weighted by molar-refractivity contribution is 0.0691. The van der Waals surface area contributed by atoms with Gasteiger partial charge in [-0.1, -0.05) is 15.9 Å². The molecule has 0 amide bonds. The topological polar surface area (TPSA) is 46.5 Å². The number of hydrogen-bond donors (Lipinski definition) is 1. The van der Waals surface area contributed by atoms with Gasteiger partial charge in [0.2, 0.25) is 0 Å². The molecule has 0 heterocycles. The van der Waals surface area contributed by atoms with E-state index in [-0.39, 0.29) is 5.56 Å². The SMILES string of the molecule is COc1ccc(Br)c(CSc2ccc(F)c(C(=O)O)c2)c1. The van der Waals surface area contributed by atoms with Gasteiger partial charge in [-0.25, -0.2) is 9.18 Å². The lowest BCUT2D eigenvalue weighted by Crippen LogP contribution is -2.00. The fourth-order valence-corrected chi connectivity index (χ4v) is 3.21. The van der Waals surface area contributed by atoms with Crippen LogP contribution in [0.2, 0.25) is 0 Å².